The molecular formula is C32H38ClN7O2. The Hall–Kier alpha value is -3.82. The number of nitrogens with one attached hydrogen (secondary N) is 3. The van der Waals surface area contributed by atoms with E-state index in [1.807, 2.05) is 13.0 Å². The number of aromatic nitrogens is 3. The maximum atomic E-state index is 10.8. The van der Waals surface area contributed by atoms with Gasteiger partial charge in [-0.1, -0.05) is 23.7 Å². The van der Waals surface area contributed by atoms with Gasteiger partial charge in [0.15, 0.2) is 0 Å². The van der Waals surface area contributed by atoms with E-state index < -0.39 is 6.10 Å². The third-order valence-electron chi connectivity index (χ3n) is 8.82. The van der Waals surface area contributed by atoms with Gasteiger partial charge in [0, 0.05) is 55.0 Å². The van der Waals surface area contributed by atoms with E-state index in [9.17, 15) is 10.2 Å². The Kier molecular flexibility index (Phi) is 7.72. The van der Waals surface area contributed by atoms with Gasteiger partial charge in [-0.3, -0.25) is 5.41 Å². The van der Waals surface area contributed by atoms with Crippen LogP contribution in [0.2, 0.25) is 5.02 Å². The monoisotopic (exact) mass is 587 g/mol. The number of hydrogen-bond donors (Lipinski definition) is 5. The third kappa shape index (κ3) is 5.63. The molecule has 1 spiro atoms. The zero-order valence-electron chi connectivity index (χ0n) is 24.1. The highest BCUT2D eigenvalue weighted by atomic mass is 35.5. The van der Waals surface area contributed by atoms with Crippen molar-refractivity contribution in [1.82, 2.24) is 19.9 Å². The Labute approximate surface area is 251 Å². The van der Waals surface area contributed by atoms with E-state index in [1.54, 1.807) is 24.3 Å². The summed E-state index contributed by atoms with van der Waals surface area (Å²) in [4.78, 5) is 17.2. The zero-order chi connectivity index (χ0) is 29.4. The maximum Gasteiger partial charge on any atom is 0.224 e. The number of amidine groups is 1. The van der Waals surface area contributed by atoms with E-state index >= 15 is 0 Å². The van der Waals surface area contributed by atoms with E-state index in [-0.39, 0.29) is 17.8 Å². The van der Waals surface area contributed by atoms with Crippen LogP contribution in [0.3, 0.4) is 0 Å². The number of piperidine rings is 2. The van der Waals surface area contributed by atoms with Crippen LogP contribution in [0.5, 0.6) is 5.88 Å². The summed E-state index contributed by atoms with van der Waals surface area (Å²) in [7, 11) is 0. The van der Waals surface area contributed by atoms with Crippen molar-refractivity contribution in [3.8, 4) is 17.3 Å². The lowest BCUT2D eigenvalue weighted by Gasteiger charge is -2.49. The molecule has 0 radical (unpaired) electrons. The number of rotatable bonds is 6. The van der Waals surface area contributed by atoms with E-state index in [0.29, 0.717) is 33.5 Å². The van der Waals surface area contributed by atoms with E-state index in [2.05, 4.69) is 44.1 Å². The molecule has 5 N–H and O–H groups in total. The van der Waals surface area contributed by atoms with E-state index in [1.165, 1.54) is 19.0 Å². The zero-order valence-corrected chi connectivity index (χ0v) is 24.9. The summed E-state index contributed by atoms with van der Waals surface area (Å²) in [5.41, 5.74) is 5.95. The Morgan fingerprint density at radius 1 is 1.17 bits per heavy atom. The molecular weight excluding hydrogens is 550 g/mol. The fourth-order valence-electron chi connectivity index (χ4n) is 6.69. The minimum atomic E-state index is -0.792. The quantitative estimate of drug-likeness (QED) is 0.136. The number of aromatic amines is 1. The third-order valence-corrected chi connectivity index (χ3v) is 9.06. The van der Waals surface area contributed by atoms with E-state index in [0.717, 1.165) is 61.3 Å². The normalized spacial score (nSPS) is 19.8. The van der Waals surface area contributed by atoms with Crippen molar-refractivity contribution in [3.05, 3.63) is 64.8 Å². The molecule has 2 saturated heterocycles. The van der Waals surface area contributed by atoms with E-state index in [4.69, 9.17) is 22.0 Å². The first kappa shape index (κ1) is 28.3. The van der Waals surface area contributed by atoms with Crippen LogP contribution in [0.1, 0.15) is 49.8 Å². The molecule has 1 unspecified atom stereocenters. The number of H-pyrrole nitrogens is 1. The first-order valence-electron chi connectivity index (χ1n) is 14.6. The fraction of sp³-hybridized carbons (Fsp3) is 0.406. The minimum absolute atomic E-state index is 0.143. The molecule has 0 saturated carbocycles. The molecule has 2 aliphatic heterocycles. The van der Waals surface area contributed by atoms with Crippen molar-refractivity contribution in [3.63, 3.8) is 0 Å². The van der Waals surface area contributed by atoms with Gasteiger partial charge in [0.2, 0.25) is 5.88 Å². The number of nitrogens with zero attached hydrogens (tertiary/aromatic N) is 4. The number of anilines is 2. The molecule has 0 bridgehead atoms. The van der Waals surface area contributed by atoms with Gasteiger partial charge in [0.05, 0.1) is 28.7 Å². The Morgan fingerprint density at radius 2 is 1.98 bits per heavy atom. The van der Waals surface area contributed by atoms with Crippen molar-refractivity contribution in [2.45, 2.75) is 45.6 Å². The summed E-state index contributed by atoms with van der Waals surface area (Å²) in [6, 6.07) is 13.3. The first-order valence-corrected chi connectivity index (χ1v) is 15.0. The number of aliphatic hydroxyl groups is 1. The van der Waals surface area contributed by atoms with Gasteiger partial charge in [-0.05, 0) is 81.0 Å². The van der Waals surface area contributed by atoms with Crippen LogP contribution in [0.25, 0.3) is 22.4 Å². The number of aromatic hydroxyl groups is 1. The van der Waals surface area contributed by atoms with Crippen molar-refractivity contribution in [2.75, 3.05) is 42.9 Å². The highest BCUT2D eigenvalue weighted by molar-refractivity contribution is 6.30. The van der Waals surface area contributed by atoms with Crippen molar-refractivity contribution >= 4 is 39.8 Å². The van der Waals surface area contributed by atoms with Crippen LogP contribution >= 0.6 is 11.6 Å². The minimum Gasteiger partial charge on any atom is -0.493 e. The number of pyridine rings is 1. The number of halogens is 1. The molecule has 2 aromatic carbocycles. The van der Waals surface area contributed by atoms with Gasteiger partial charge in [0.1, 0.15) is 11.4 Å². The predicted molar refractivity (Wildman–Crippen MR) is 169 cm³/mol. The molecule has 10 heteroatoms. The fourth-order valence-corrected chi connectivity index (χ4v) is 6.89. The average molecular weight is 588 g/mol. The van der Waals surface area contributed by atoms with Crippen LogP contribution in [0.15, 0.2) is 48.7 Å². The molecule has 42 heavy (non-hydrogen) atoms. The highest BCUT2D eigenvalue weighted by Gasteiger charge is 2.39. The summed E-state index contributed by atoms with van der Waals surface area (Å²) in [5.74, 6) is 1.03. The van der Waals surface area contributed by atoms with Gasteiger partial charge in [-0.2, -0.15) is 0 Å². The molecule has 0 amide bonds. The summed E-state index contributed by atoms with van der Waals surface area (Å²) in [6.07, 6.45) is 5.39. The lowest BCUT2D eigenvalue weighted by atomic mass is 9.73. The summed E-state index contributed by atoms with van der Waals surface area (Å²) in [5, 5.41) is 33.5. The number of hydrogen-bond acceptors (Lipinski definition) is 7. The Bertz CT molecular complexity index is 1620. The Morgan fingerprint density at radius 3 is 2.76 bits per heavy atom. The number of imidazole rings is 1. The maximum absolute atomic E-state index is 10.8. The largest absolute Gasteiger partial charge is 0.493 e. The molecule has 4 aromatic rings. The number of likely N-dealkylation sites (tertiary alicyclic amines) is 1. The molecule has 220 valence electrons. The molecule has 9 nitrogen and oxygen atoms in total. The van der Waals surface area contributed by atoms with Crippen molar-refractivity contribution in [2.24, 2.45) is 5.41 Å². The molecule has 4 heterocycles. The SMILES string of the molecule is CC(=N)N1CCCC2(CCCN(c3cc(C)c4[nH]c(-c5c(NC[C@H](O)c6cccc(Cl)c6)ccnc5O)nc4c3)C2)C1. The topological polar surface area (TPSA) is 124 Å². The van der Waals surface area contributed by atoms with Gasteiger partial charge in [-0.25, -0.2) is 9.97 Å². The highest BCUT2D eigenvalue weighted by Crippen LogP contribution is 2.41. The second-order valence-corrected chi connectivity index (χ2v) is 12.3. The lowest BCUT2D eigenvalue weighted by molar-refractivity contribution is 0.115. The Balaban J connectivity index is 1.26. The number of aliphatic hydroxyl groups excluding tert-OH is 1. The van der Waals surface area contributed by atoms with Gasteiger partial charge < -0.3 is 30.3 Å². The van der Waals surface area contributed by atoms with Crippen LogP contribution in [0, 0.1) is 17.7 Å². The summed E-state index contributed by atoms with van der Waals surface area (Å²) in [6.45, 7) is 8.11. The average Bonchev–Trinajstić information content (AvgIpc) is 3.40. The molecule has 0 aliphatic carbocycles. The summed E-state index contributed by atoms with van der Waals surface area (Å²) < 4.78 is 0. The second-order valence-electron chi connectivity index (χ2n) is 11.9. The first-order chi connectivity index (χ1) is 20.2. The number of fused-ring (bicyclic) bond motifs is 1. The van der Waals surface area contributed by atoms with Crippen LogP contribution in [0.4, 0.5) is 11.4 Å². The molecule has 2 atom stereocenters. The number of aryl methyl sites for hydroxylation is 1. The van der Waals surface area contributed by atoms with Gasteiger partial charge in [-0.15, -0.1) is 0 Å². The molecule has 2 aromatic heterocycles. The van der Waals surface area contributed by atoms with Crippen LogP contribution < -0.4 is 10.2 Å². The molecule has 6 rings (SSSR count). The van der Waals surface area contributed by atoms with Crippen LogP contribution in [-0.2, 0) is 0 Å². The number of benzene rings is 2. The smallest absolute Gasteiger partial charge is 0.224 e. The molecule has 2 fully saturated rings. The van der Waals surface area contributed by atoms with Crippen molar-refractivity contribution in [1.29, 1.82) is 5.41 Å². The van der Waals surface area contributed by atoms with Gasteiger partial charge >= 0.3 is 0 Å². The van der Waals surface area contributed by atoms with Gasteiger partial charge in [0.25, 0.3) is 0 Å². The predicted octanol–water partition coefficient (Wildman–Crippen LogP) is 6.12. The lowest BCUT2D eigenvalue weighted by Crippen LogP contribution is -2.53. The molecule has 2 aliphatic rings. The van der Waals surface area contributed by atoms with Crippen LogP contribution in [-0.4, -0.2) is 68.6 Å². The second kappa shape index (κ2) is 11.5. The standard InChI is InChI=1S/C32H38ClN7O2/c1-20-14-24(40-13-5-10-32(19-40)9-4-12-39(18-32)21(2)34)16-26-29(20)38-30(37-26)28-25(8-11-35-31(28)42)36-17-27(41)22-6-3-7-23(33)15-22/h3,6-8,11,14-16,27,34,41H,4-5,9-10,12-13,17-19H2,1-2H3,(H,37,38)(H2,35,36,42)/t27-,32?/m0/s1. The summed E-state index contributed by atoms with van der Waals surface area (Å²) >= 11 is 6.10. The van der Waals surface area contributed by atoms with Crippen molar-refractivity contribution < 1.29 is 10.2 Å².